The van der Waals surface area contributed by atoms with Crippen LogP contribution in [-0.2, 0) is 20.8 Å². The summed E-state index contributed by atoms with van der Waals surface area (Å²) >= 11 is 0. The molecule has 1 aromatic rings. The summed E-state index contributed by atoms with van der Waals surface area (Å²) in [6.07, 6.45) is 1.84. The smallest absolute Gasteiger partial charge is 0.323 e. The Kier molecular flexibility index (Phi) is 6.49. The minimum absolute atomic E-state index is 0.0522. The SMILES string of the molecule is CCOC(=O)[C@@H](NCc1ccc([N+](=O)[O-])cc1)[C@H]1CCCOC1. The van der Waals surface area contributed by atoms with Crippen LogP contribution in [0.3, 0.4) is 0 Å². The van der Waals surface area contributed by atoms with Crippen molar-refractivity contribution in [3.8, 4) is 0 Å². The van der Waals surface area contributed by atoms with Gasteiger partial charge < -0.3 is 9.47 Å². The summed E-state index contributed by atoms with van der Waals surface area (Å²) in [5.41, 5.74) is 0.929. The van der Waals surface area contributed by atoms with E-state index >= 15 is 0 Å². The summed E-state index contributed by atoms with van der Waals surface area (Å²) in [6.45, 7) is 3.83. The van der Waals surface area contributed by atoms with Gasteiger partial charge in [0.05, 0.1) is 18.1 Å². The Morgan fingerprint density at radius 2 is 2.22 bits per heavy atom. The summed E-state index contributed by atoms with van der Waals surface area (Å²) < 4.78 is 10.6. The van der Waals surface area contributed by atoms with Crippen molar-refractivity contribution in [1.29, 1.82) is 0 Å². The molecule has 7 nitrogen and oxygen atoms in total. The third kappa shape index (κ3) is 5.01. The first kappa shape index (κ1) is 17.4. The minimum Gasteiger partial charge on any atom is -0.465 e. The average Bonchev–Trinajstić information content (AvgIpc) is 2.57. The minimum atomic E-state index is -0.433. The van der Waals surface area contributed by atoms with E-state index in [2.05, 4.69) is 5.32 Å². The Labute approximate surface area is 135 Å². The third-order valence-electron chi connectivity index (χ3n) is 3.88. The van der Waals surface area contributed by atoms with Gasteiger partial charge in [0.15, 0.2) is 0 Å². The van der Waals surface area contributed by atoms with Gasteiger partial charge >= 0.3 is 5.97 Å². The number of non-ortho nitro benzene ring substituents is 1. The van der Waals surface area contributed by atoms with Crippen molar-refractivity contribution in [3.05, 3.63) is 39.9 Å². The number of nitrogens with zero attached hydrogens (tertiary/aromatic N) is 1. The quantitative estimate of drug-likeness (QED) is 0.469. The predicted octanol–water partition coefficient (Wildman–Crippen LogP) is 2.04. The molecule has 0 amide bonds. The lowest BCUT2D eigenvalue weighted by Gasteiger charge is -2.29. The van der Waals surface area contributed by atoms with Gasteiger partial charge in [-0.2, -0.15) is 0 Å². The van der Waals surface area contributed by atoms with Crippen molar-refractivity contribution in [2.45, 2.75) is 32.4 Å². The number of hydrogen-bond acceptors (Lipinski definition) is 6. The van der Waals surface area contributed by atoms with Crippen LogP contribution in [0.4, 0.5) is 5.69 Å². The fourth-order valence-corrected chi connectivity index (χ4v) is 2.67. The standard InChI is InChI=1S/C16H22N2O5/c1-2-23-16(19)15(13-4-3-9-22-11-13)17-10-12-5-7-14(8-6-12)18(20)21/h5-8,13,15,17H,2-4,9-11H2,1H3/t13-,15-/m0/s1. The van der Waals surface area contributed by atoms with Crippen LogP contribution in [0.1, 0.15) is 25.3 Å². The normalized spacial score (nSPS) is 19.1. The van der Waals surface area contributed by atoms with Crippen LogP contribution in [0.2, 0.25) is 0 Å². The second-order valence-corrected chi connectivity index (χ2v) is 5.51. The van der Waals surface area contributed by atoms with Gasteiger partial charge in [0.25, 0.3) is 5.69 Å². The molecule has 23 heavy (non-hydrogen) atoms. The molecule has 0 bridgehead atoms. The van der Waals surface area contributed by atoms with Crippen LogP contribution < -0.4 is 5.32 Å². The van der Waals surface area contributed by atoms with E-state index in [9.17, 15) is 14.9 Å². The second-order valence-electron chi connectivity index (χ2n) is 5.51. The molecule has 0 aliphatic carbocycles. The Bertz CT molecular complexity index is 526. The van der Waals surface area contributed by atoms with Gasteiger partial charge in [0.2, 0.25) is 0 Å². The fraction of sp³-hybridized carbons (Fsp3) is 0.562. The first-order chi connectivity index (χ1) is 11.1. The van der Waals surface area contributed by atoms with Crippen LogP contribution in [0.15, 0.2) is 24.3 Å². The van der Waals surface area contributed by atoms with E-state index in [1.54, 1.807) is 19.1 Å². The Hall–Kier alpha value is -1.99. The number of esters is 1. The molecule has 2 rings (SSSR count). The number of benzene rings is 1. The molecule has 1 aliphatic heterocycles. The van der Waals surface area contributed by atoms with Gasteiger partial charge in [-0.1, -0.05) is 12.1 Å². The average molecular weight is 322 g/mol. The van der Waals surface area contributed by atoms with E-state index in [1.165, 1.54) is 12.1 Å². The Morgan fingerprint density at radius 1 is 1.48 bits per heavy atom. The third-order valence-corrected chi connectivity index (χ3v) is 3.88. The van der Waals surface area contributed by atoms with Crippen molar-refractivity contribution >= 4 is 11.7 Å². The summed E-state index contributed by atoms with van der Waals surface area (Å²) in [6, 6.07) is 5.86. The molecular weight excluding hydrogens is 300 g/mol. The molecule has 7 heteroatoms. The van der Waals surface area contributed by atoms with E-state index in [0.29, 0.717) is 19.8 Å². The number of carbonyl (C=O) groups excluding carboxylic acids is 1. The molecule has 0 unspecified atom stereocenters. The summed E-state index contributed by atoms with van der Waals surface area (Å²) in [5.74, 6) is -0.189. The molecule has 2 atom stereocenters. The lowest BCUT2D eigenvalue weighted by Crippen LogP contribution is -2.46. The van der Waals surface area contributed by atoms with Crippen molar-refractivity contribution in [2.24, 2.45) is 5.92 Å². The number of ether oxygens (including phenoxy) is 2. The number of nitrogens with one attached hydrogen (secondary N) is 1. The van der Waals surface area contributed by atoms with Gasteiger partial charge in [-0.05, 0) is 25.3 Å². The maximum absolute atomic E-state index is 12.2. The number of nitro groups is 1. The molecule has 0 aromatic heterocycles. The van der Waals surface area contributed by atoms with Gasteiger partial charge in [-0.15, -0.1) is 0 Å². The highest BCUT2D eigenvalue weighted by Crippen LogP contribution is 2.19. The van der Waals surface area contributed by atoms with E-state index in [-0.39, 0.29) is 17.6 Å². The summed E-state index contributed by atoms with van der Waals surface area (Å²) in [5, 5.41) is 13.9. The molecule has 1 heterocycles. The lowest BCUT2D eigenvalue weighted by molar-refractivity contribution is -0.384. The van der Waals surface area contributed by atoms with Crippen molar-refractivity contribution in [3.63, 3.8) is 0 Å². The van der Waals surface area contributed by atoms with Gasteiger partial charge in [-0.25, -0.2) is 0 Å². The molecule has 0 radical (unpaired) electrons. The van der Waals surface area contributed by atoms with Crippen LogP contribution in [0.25, 0.3) is 0 Å². The maximum Gasteiger partial charge on any atom is 0.323 e. The molecule has 0 spiro atoms. The van der Waals surface area contributed by atoms with Gasteiger partial charge in [0, 0.05) is 31.2 Å². The summed E-state index contributed by atoms with van der Waals surface area (Å²) in [7, 11) is 0. The predicted molar refractivity (Wildman–Crippen MR) is 83.9 cm³/mol. The highest BCUT2D eigenvalue weighted by atomic mass is 16.6. The van der Waals surface area contributed by atoms with E-state index in [1.807, 2.05) is 0 Å². The number of rotatable bonds is 7. The van der Waals surface area contributed by atoms with E-state index in [0.717, 1.165) is 25.0 Å². The Balaban J connectivity index is 1.98. The fourth-order valence-electron chi connectivity index (χ4n) is 2.67. The maximum atomic E-state index is 12.2. The first-order valence-corrected chi connectivity index (χ1v) is 7.83. The molecular formula is C16H22N2O5. The molecule has 0 saturated carbocycles. The van der Waals surface area contributed by atoms with Crippen LogP contribution in [0, 0.1) is 16.0 Å². The molecule has 1 fully saturated rings. The highest BCUT2D eigenvalue weighted by molar-refractivity contribution is 5.76. The van der Waals surface area contributed by atoms with E-state index < -0.39 is 11.0 Å². The first-order valence-electron chi connectivity index (χ1n) is 7.83. The number of carbonyl (C=O) groups is 1. The van der Waals surface area contributed by atoms with Crippen LogP contribution >= 0.6 is 0 Å². The zero-order valence-electron chi connectivity index (χ0n) is 13.2. The molecule has 1 N–H and O–H groups in total. The number of nitro benzene ring substituents is 1. The van der Waals surface area contributed by atoms with Crippen LogP contribution in [-0.4, -0.2) is 36.8 Å². The zero-order chi connectivity index (χ0) is 16.7. The van der Waals surface area contributed by atoms with Gasteiger partial charge in [0.1, 0.15) is 6.04 Å². The van der Waals surface area contributed by atoms with Crippen molar-refractivity contribution in [2.75, 3.05) is 19.8 Å². The molecule has 1 aliphatic rings. The molecule has 126 valence electrons. The van der Waals surface area contributed by atoms with Crippen molar-refractivity contribution in [1.82, 2.24) is 5.32 Å². The molecule has 1 saturated heterocycles. The van der Waals surface area contributed by atoms with Gasteiger partial charge in [-0.3, -0.25) is 20.2 Å². The highest BCUT2D eigenvalue weighted by Gasteiger charge is 2.30. The zero-order valence-corrected chi connectivity index (χ0v) is 13.2. The largest absolute Gasteiger partial charge is 0.465 e. The molecule has 1 aromatic carbocycles. The van der Waals surface area contributed by atoms with Crippen molar-refractivity contribution < 1.29 is 19.2 Å². The Morgan fingerprint density at radius 3 is 2.78 bits per heavy atom. The van der Waals surface area contributed by atoms with E-state index in [4.69, 9.17) is 9.47 Å². The summed E-state index contributed by atoms with van der Waals surface area (Å²) in [4.78, 5) is 22.4. The lowest BCUT2D eigenvalue weighted by atomic mass is 9.93. The second kappa shape index (κ2) is 8.59. The van der Waals surface area contributed by atoms with Crippen LogP contribution in [0.5, 0.6) is 0 Å². The number of hydrogen-bond donors (Lipinski definition) is 1. The topological polar surface area (TPSA) is 90.7 Å². The monoisotopic (exact) mass is 322 g/mol.